The van der Waals surface area contributed by atoms with Crippen molar-refractivity contribution in [2.45, 2.75) is 13.3 Å². The second-order valence-corrected chi connectivity index (χ2v) is 7.20. The van der Waals surface area contributed by atoms with Gasteiger partial charge in [-0.3, -0.25) is 10.1 Å². The number of nitrogens with zero attached hydrogens (tertiary/aromatic N) is 1. The molecular formula is C18H14Cl2N2OS. The van der Waals surface area contributed by atoms with Crippen LogP contribution >= 0.6 is 34.5 Å². The number of thiazole rings is 1. The molecule has 0 atom stereocenters. The fraction of sp³-hybridized carbons (Fsp3) is 0.111. The van der Waals surface area contributed by atoms with Crippen LogP contribution < -0.4 is 5.32 Å². The van der Waals surface area contributed by atoms with Crippen LogP contribution in [-0.2, 0) is 6.42 Å². The van der Waals surface area contributed by atoms with E-state index < -0.39 is 0 Å². The number of rotatable bonds is 4. The first-order chi connectivity index (χ1) is 11.5. The molecular weight excluding hydrogens is 363 g/mol. The minimum Gasteiger partial charge on any atom is -0.298 e. The Morgan fingerprint density at radius 3 is 2.71 bits per heavy atom. The highest BCUT2D eigenvalue weighted by atomic mass is 35.5. The van der Waals surface area contributed by atoms with Gasteiger partial charge in [0.15, 0.2) is 5.13 Å². The van der Waals surface area contributed by atoms with Crippen molar-refractivity contribution < 1.29 is 4.79 Å². The molecule has 0 spiro atoms. The highest BCUT2D eigenvalue weighted by Crippen LogP contribution is 2.27. The van der Waals surface area contributed by atoms with Gasteiger partial charge in [0.05, 0.1) is 16.3 Å². The molecule has 0 aliphatic heterocycles. The maximum atomic E-state index is 12.3. The Morgan fingerprint density at radius 2 is 1.96 bits per heavy atom. The quantitative estimate of drug-likeness (QED) is 0.643. The zero-order chi connectivity index (χ0) is 17.1. The second kappa shape index (κ2) is 7.34. The zero-order valence-electron chi connectivity index (χ0n) is 12.8. The van der Waals surface area contributed by atoms with Gasteiger partial charge in [-0.15, -0.1) is 11.3 Å². The van der Waals surface area contributed by atoms with Gasteiger partial charge < -0.3 is 0 Å². The van der Waals surface area contributed by atoms with Crippen LogP contribution in [0.2, 0.25) is 10.0 Å². The third-order valence-corrected chi connectivity index (χ3v) is 5.12. The molecule has 1 N–H and O–H groups in total. The molecule has 0 aliphatic rings. The highest BCUT2D eigenvalue weighted by molar-refractivity contribution is 7.15. The number of aromatic nitrogens is 1. The number of nitrogens with one attached hydrogen (secondary N) is 1. The Bertz CT molecular complexity index is 892. The molecule has 0 saturated heterocycles. The van der Waals surface area contributed by atoms with E-state index in [2.05, 4.69) is 10.3 Å². The summed E-state index contributed by atoms with van der Waals surface area (Å²) < 4.78 is 0. The molecule has 0 aliphatic carbocycles. The van der Waals surface area contributed by atoms with E-state index in [1.165, 1.54) is 11.3 Å². The van der Waals surface area contributed by atoms with Gasteiger partial charge in [0.1, 0.15) is 0 Å². The first kappa shape index (κ1) is 17.0. The number of carbonyl (C=O) groups is 1. The lowest BCUT2D eigenvalue weighted by molar-refractivity contribution is 0.102. The van der Waals surface area contributed by atoms with Crippen LogP contribution in [0.4, 0.5) is 5.13 Å². The average Bonchev–Trinajstić information content (AvgIpc) is 2.87. The number of aryl methyl sites for hydroxylation is 1. The predicted octanol–water partition coefficient (Wildman–Crippen LogP) is 5.60. The van der Waals surface area contributed by atoms with Crippen molar-refractivity contribution in [3.8, 4) is 0 Å². The van der Waals surface area contributed by atoms with Crippen LogP contribution in [0.1, 0.15) is 26.5 Å². The Hall–Kier alpha value is -1.88. The Kier molecular flexibility index (Phi) is 5.19. The van der Waals surface area contributed by atoms with Crippen molar-refractivity contribution in [3.63, 3.8) is 0 Å². The fourth-order valence-electron chi connectivity index (χ4n) is 2.29. The molecule has 2 aromatic carbocycles. The van der Waals surface area contributed by atoms with E-state index in [-0.39, 0.29) is 5.91 Å². The third kappa shape index (κ3) is 3.96. The number of amides is 1. The summed E-state index contributed by atoms with van der Waals surface area (Å²) in [6.45, 7) is 1.93. The fourth-order valence-corrected chi connectivity index (χ4v) is 3.71. The van der Waals surface area contributed by atoms with Crippen LogP contribution in [0, 0.1) is 6.92 Å². The Morgan fingerprint density at radius 1 is 1.17 bits per heavy atom. The SMILES string of the molecule is Cc1nc(NC(=O)c2ccccc2Cl)sc1Cc1cccc(Cl)c1. The highest BCUT2D eigenvalue weighted by Gasteiger charge is 2.14. The molecule has 24 heavy (non-hydrogen) atoms. The number of halogens is 2. The first-order valence-corrected chi connectivity index (χ1v) is 8.87. The largest absolute Gasteiger partial charge is 0.298 e. The summed E-state index contributed by atoms with van der Waals surface area (Å²) in [6, 6.07) is 14.7. The van der Waals surface area contributed by atoms with Gasteiger partial charge in [0.2, 0.25) is 0 Å². The van der Waals surface area contributed by atoms with Crippen molar-refractivity contribution in [2.75, 3.05) is 5.32 Å². The average molecular weight is 377 g/mol. The maximum Gasteiger partial charge on any atom is 0.258 e. The molecule has 1 amide bonds. The first-order valence-electron chi connectivity index (χ1n) is 7.29. The molecule has 122 valence electrons. The van der Waals surface area contributed by atoms with E-state index in [4.69, 9.17) is 23.2 Å². The van der Waals surface area contributed by atoms with Crippen LogP contribution in [0.15, 0.2) is 48.5 Å². The third-order valence-electron chi connectivity index (χ3n) is 3.49. The molecule has 3 rings (SSSR count). The van der Waals surface area contributed by atoms with Crippen LogP contribution in [0.25, 0.3) is 0 Å². The van der Waals surface area contributed by atoms with Crippen LogP contribution in [-0.4, -0.2) is 10.9 Å². The molecule has 0 fully saturated rings. The van der Waals surface area contributed by atoms with E-state index in [0.717, 1.165) is 22.6 Å². The molecule has 6 heteroatoms. The lowest BCUT2D eigenvalue weighted by Gasteiger charge is -2.03. The smallest absolute Gasteiger partial charge is 0.258 e. The van der Waals surface area contributed by atoms with Crippen LogP contribution in [0.3, 0.4) is 0 Å². The maximum absolute atomic E-state index is 12.3. The van der Waals surface area contributed by atoms with Crippen molar-refractivity contribution in [1.82, 2.24) is 4.98 Å². The van der Waals surface area contributed by atoms with E-state index in [1.54, 1.807) is 24.3 Å². The summed E-state index contributed by atoms with van der Waals surface area (Å²) in [7, 11) is 0. The lowest BCUT2D eigenvalue weighted by atomic mass is 10.1. The van der Waals surface area contributed by atoms with Gasteiger partial charge in [-0.05, 0) is 36.8 Å². The number of benzene rings is 2. The zero-order valence-corrected chi connectivity index (χ0v) is 15.2. The molecule has 3 nitrogen and oxygen atoms in total. The minimum atomic E-state index is -0.261. The van der Waals surface area contributed by atoms with Gasteiger partial charge in [-0.25, -0.2) is 4.98 Å². The van der Waals surface area contributed by atoms with Gasteiger partial charge in [0, 0.05) is 16.3 Å². The lowest BCUT2D eigenvalue weighted by Crippen LogP contribution is -2.12. The number of hydrogen-bond donors (Lipinski definition) is 1. The predicted molar refractivity (Wildman–Crippen MR) is 101 cm³/mol. The van der Waals surface area contributed by atoms with Gasteiger partial charge >= 0.3 is 0 Å². The Labute approximate surface area is 154 Å². The summed E-state index contributed by atoms with van der Waals surface area (Å²) >= 11 is 13.5. The Balaban J connectivity index is 1.77. The van der Waals surface area contributed by atoms with Crippen molar-refractivity contribution >= 4 is 45.6 Å². The van der Waals surface area contributed by atoms with E-state index in [9.17, 15) is 4.79 Å². The topological polar surface area (TPSA) is 42.0 Å². The standard InChI is InChI=1S/C18H14Cl2N2OS/c1-11-16(10-12-5-4-6-13(19)9-12)24-18(21-11)22-17(23)14-7-2-3-8-15(14)20/h2-9H,10H2,1H3,(H,21,22,23). The van der Waals surface area contributed by atoms with Gasteiger partial charge in [-0.2, -0.15) is 0 Å². The molecule has 1 aromatic heterocycles. The number of hydrogen-bond acceptors (Lipinski definition) is 3. The van der Waals surface area contributed by atoms with Crippen molar-refractivity contribution in [2.24, 2.45) is 0 Å². The second-order valence-electron chi connectivity index (χ2n) is 5.27. The molecule has 0 unspecified atom stereocenters. The number of carbonyl (C=O) groups excluding carboxylic acids is 1. The summed E-state index contributed by atoms with van der Waals surface area (Å²) in [6.07, 6.45) is 0.728. The van der Waals surface area contributed by atoms with Gasteiger partial charge in [-0.1, -0.05) is 47.5 Å². The van der Waals surface area contributed by atoms with Gasteiger partial charge in [0.25, 0.3) is 5.91 Å². The molecule has 0 bridgehead atoms. The molecule has 1 heterocycles. The molecule has 0 radical (unpaired) electrons. The van der Waals surface area contributed by atoms with E-state index >= 15 is 0 Å². The van der Waals surface area contributed by atoms with E-state index in [1.807, 2.05) is 31.2 Å². The molecule has 0 saturated carbocycles. The summed E-state index contributed by atoms with van der Waals surface area (Å²) in [5, 5.41) is 4.51. The molecule has 3 aromatic rings. The van der Waals surface area contributed by atoms with Crippen molar-refractivity contribution in [3.05, 3.63) is 80.3 Å². The summed E-state index contributed by atoms with van der Waals surface area (Å²) in [4.78, 5) is 17.8. The summed E-state index contributed by atoms with van der Waals surface area (Å²) in [5.74, 6) is -0.261. The van der Waals surface area contributed by atoms with Crippen molar-refractivity contribution in [1.29, 1.82) is 0 Å². The number of anilines is 1. The van der Waals surface area contributed by atoms with E-state index in [0.29, 0.717) is 20.7 Å². The summed E-state index contributed by atoms with van der Waals surface area (Å²) in [5.41, 5.74) is 2.44. The van der Waals surface area contributed by atoms with Crippen LogP contribution in [0.5, 0.6) is 0 Å². The normalized spacial score (nSPS) is 10.6. The monoisotopic (exact) mass is 376 g/mol. The minimum absolute atomic E-state index is 0.261.